The number of aromatic amines is 1. The molecule has 0 unspecified atom stereocenters. The van der Waals surface area contributed by atoms with Crippen molar-refractivity contribution < 1.29 is 13.5 Å². The van der Waals surface area contributed by atoms with Crippen molar-refractivity contribution in [3.05, 3.63) is 12.3 Å². The maximum Gasteiger partial charge on any atom is 0.257 e. The normalized spacial score (nSPS) is 14.3. The molecule has 1 atom stereocenters. The van der Waals surface area contributed by atoms with Crippen LogP contribution in [0.15, 0.2) is 17.3 Å². The monoisotopic (exact) mass is 205 g/mol. The molecule has 0 aromatic carbocycles. The highest BCUT2D eigenvalue weighted by Gasteiger charge is 2.17. The van der Waals surface area contributed by atoms with Gasteiger partial charge in [0, 0.05) is 6.04 Å². The summed E-state index contributed by atoms with van der Waals surface area (Å²) in [7, 11) is -3.56. The van der Waals surface area contributed by atoms with Gasteiger partial charge in [-0.05, 0) is 13.0 Å². The molecule has 7 heteroatoms. The quantitative estimate of drug-likeness (QED) is 0.591. The SMILES string of the molecule is C[C@H](CO)NS(=O)(=O)c1ccn[nH]1. The third-order valence-electron chi connectivity index (χ3n) is 1.39. The van der Waals surface area contributed by atoms with Crippen LogP contribution in [-0.4, -0.2) is 36.4 Å². The van der Waals surface area contributed by atoms with Crippen molar-refractivity contribution in [2.75, 3.05) is 6.61 Å². The van der Waals surface area contributed by atoms with Crippen molar-refractivity contribution >= 4 is 10.0 Å². The molecule has 6 nitrogen and oxygen atoms in total. The fourth-order valence-electron chi connectivity index (χ4n) is 0.758. The van der Waals surface area contributed by atoms with Gasteiger partial charge in [0.05, 0.1) is 12.8 Å². The van der Waals surface area contributed by atoms with Crippen molar-refractivity contribution in [2.24, 2.45) is 0 Å². The molecule has 0 bridgehead atoms. The van der Waals surface area contributed by atoms with Crippen molar-refractivity contribution in [1.82, 2.24) is 14.9 Å². The van der Waals surface area contributed by atoms with Gasteiger partial charge in [0.15, 0.2) is 5.03 Å². The molecule has 1 heterocycles. The largest absolute Gasteiger partial charge is 0.395 e. The number of aliphatic hydroxyl groups is 1. The van der Waals surface area contributed by atoms with Crippen molar-refractivity contribution in [3.8, 4) is 0 Å². The van der Waals surface area contributed by atoms with E-state index in [0.29, 0.717) is 0 Å². The minimum Gasteiger partial charge on any atom is -0.395 e. The molecule has 0 aliphatic rings. The highest BCUT2D eigenvalue weighted by atomic mass is 32.2. The predicted molar refractivity (Wildman–Crippen MR) is 45.5 cm³/mol. The van der Waals surface area contributed by atoms with Crippen molar-refractivity contribution in [3.63, 3.8) is 0 Å². The van der Waals surface area contributed by atoms with Crippen LogP contribution in [0.5, 0.6) is 0 Å². The zero-order valence-corrected chi connectivity index (χ0v) is 7.87. The Labute approximate surface area is 76.0 Å². The number of rotatable bonds is 4. The molecule has 3 N–H and O–H groups in total. The first-order valence-electron chi connectivity index (χ1n) is 3.69. The summed E-state index contributed by atoms with van der Waals surface area (Å²) in [5.41, 5.74) is 0. The average Bonchev–Trinajstić information content (AvgIpc) is 2.55. The minimum absolute atomic E-state index is 0.00667. The fourth-order valence-corrected chi connectivity index (χ4v) is 1.90. The number of hydrogen-bond donors (Lipinski definition) is 3. The molecule has 0 aliphatic carbocycles. The van der Waals surface area contributed by atoms with Crippen LogP contribution in [0.2, 0.25) is 0 Å². The van der Waals surface area contributed by atoms with E-state index >= 15 is 0 Å². The molecule has 0 saturated carbocycles. The molecule has 1 aromatic rings. The van der Waals surface area contributed by atoms with Crippen LogP contribution in [0.1, 0.15) is 6.92 Å². The van der Waals surface area contributed by atoms with E-state index in [4.69, 9.17) is 5.11 Å². The molecule has 0 fully saturated rings. The second kappa shape index (κ2) is 3.86. The van der Waals surface area contributed by atoms with Gasteiger partial charge in [-0.1, -0.05) is 0 Å². The van der Waals surface area contributed by atoms with Crippen molar-refractivity contribution in [2.45, 2.75) is 18.0 Å². The molecule has 1 rings (SSSR count). The van der Waals surface area contributed by atoms with Gasteiger partial charge in [-0.3, -0.25) is 5.10 Å². The van der Waals surface area contributed by atoms with Gasteiger partial charge in [-0.15, -0.1) is 0 Å². The van der Waals surface area contributed by atoms with E-state index < -0.39 is 16.1 Å². The highest BCUT2D eigenvalue weighted by Crippen LogP contribution is 2.02. The molecule has 0 amide bonds. The molecule has 74 valence electrons. The lowest BCUT2D eigenvalue weighted by atomic mass is 10.4. The summed E-state index contributed by atoms with van der Waals surface area (Å²) in [4.78, 5) is 0. The standard InChI is InChI=1S/C6H11N3O3S/c1-5(4-10)9-13(11,12)6-2-3-7-8-6/h2-3,5,9-10H,4H2,1H3,(H,7,8)/t5-/m1/s1. The van der Waals surface area contributed by atoms with Crippen LogP contribution in [0.25, 0.3) is 0 Å². The van der Waals surface area contributed by atoms with Gasteiger partial charge in [0.25, 0.3) is 10.0 Å². The predicted octanol–water partition coefficient (Wildman–Crippen LogP) is -0.931. The molecule has 0 saturated heterocycles. The van der Waals surface area contributed by atoms with Gasteiger partial charge >= 0.3 is 0 Å². The molecule has 0 aliphatic heterocycles. The summed E-state index contributed by atoms with van der Waals surface area (Å²) in [5.74, 6) is 0. The third-order valence-corrected chi connectivity index (χ3v) is 2.91. The Bertz CT molecular complexity index is 345. The molecule has 0 radical (unpaired) electrons. The first-order chi connectivity index (χ1) is 6.06. The lowest BCUT2D eigenvalue weighted by Gasteiger charge is -2.09. The zero-order valence-electron chi connectivity index (χ0n) is 7.06. The van der Waals surface area contributed by atoms with E-state index in [0.717, 1.165) is 0 Å². The second-order valence-corrected chi connectivity index (χ2v) is 4.31. The lowest BCUT2D eigenvalue weighted by molar-refractivity contribution is 0.265. The van der Waals surface area contributed by atoms with Crippen LogP contribution in [0.4, 0.5) is 0 Å². The summed E-state index contributed by atoms with van der Waals surface area (Å²) in [5, 5.41) is 14.5. The number of hydrogen-bond acceptors (Lipinski definition) is 4. The van der Waals surface area contributed by atoms with E-state index in [1.807, 2.05) is 0 Å². The minimum atomic E-state index is -3.56. The topological polar surface area (TPSA) is 95.1 Å². The van der Waals surface area contributed by atoms with Crippen LogP contribution < -0.4 is 4.72 Å². The van der Waals surface area contributed by atoms with Crippen LogP contribution in [0, 0.1) is 0 Å². The van der Waals surface area contributed by atoms with Gasteiger partial charge in [0.1, 0.15) is 0 Å². The van der Waals surface area contributed by atoms with Gasteiger partial charge in [-0.25, -0.2) is 13.1 Å². The maximum atomic E-state index is 11.4. The average molecular weight is 205 g/mol. The Morgan fingerprint density at radius 3 is 2.92 bits per heavy atom. The van der Waals surface area contributed by atoms with Crippen molar-refractivity contribution in [1.29, 1.82) is 0 Å². The number of aromatic nitrogens is 2. The Balaban J connectivity index is 2.79. The third kappa shape index (κ3) is 2.51. The molecular weight excluding hydrogens is 194 g/mol. The maximum absolute atomic E-state index is 11.4. The van der Waals surface area contributed by atoms with E-state index in [2.05, 4.69) is 14.9 Å². The zero-order chi connectivity index (χ0) is 9.90. The number of H-pyrrole nitrogens is 1. The first kappa shape index (κ1) is 10.2. The van der Waals surface area contributed by atoms with Crippen LogP contribution in [-0.2, 0) is 10.0 Å². The Kier molecular flexibility index (Phi) is 3.02. The summed E-state index contributed by atoms with van der Waals surface area (Å²) < 4.78 is 25.0. The Morgan fingerprint density at radius 1 is 1.77 bits per heavy atom. The van der Waals surface area contributed by atoms with Gasteiger partial charge < -0.3 is 5.11 Å². The second-order valence-electron chi connectivity index (χ2n) is 2.63. The highest BCUT2D eigenvalue weighted by molar-refractivity contribution is 7.89. The van der Waals surface area contributed by atoms with E-state index in [9.17, 15) is 8.42 Å². The van der Waals surface area contributed by atoms with E-state index in [-0.39, 0.29) is 11.6 Å². The molecule has 0 spiro atoms. The smallest absolute Gasteiger partial charge is 0.257 e. The fraction of sp³-hybridized carbons (Fsp3) is 0.500. The number of nitrogens with one attached hydrogen (secondary N) is 2. The summed E-state index contributed by atoms with van der Waals surface area (Å²) in [6, 6.07) is 0.834. The number of aliphatic hydroxyl groups excluding tert-OH is 1. The lowest BCUT2D eigenvalue weighted by Crippen LogP contribution is -2.35. The van der Waals surface area contributed by atoms with Crippen LogP contribution in [0.3, 0.4) is 0 Å². The van der Waals surface area contributed by atoms with E-state index in [1.54, 1.807) is 6.92 Å². The summed E-state index contributed by atoms with van der Waals surface area (Å²) in [6.07, 6.45) is 1.35. The summed E-state index contributed by atoms with van der Waals surface area (Å²) in [6.45, 7) is 1.32. The summed E-state index contributed by atoms with van der Waals surface area (Å²) >= 11 is 0. The Morgan fingerprint density at radius 2 is 2.46 bits per heavy atom. The molecule has 1 aromatic heterocycles. The first-order valence-corrected chi connectivity index (χ1v) is 5.17. The van der Waals surface area contributed by atoms with Crippen LogP contribution >= 0.6 is 0 Å². The number of sulfonamides is 1. The van der Waals surface area contributed by atoms with E-state index in [1.165, 1.54) is 12.3 Å². The van der Waals surface area contributed by atoms with Gasteiger partial charge in [-0.2, -0.15) is 5.10 Å². The molecule has 13 heavy (non-hydrogen) atoms. The number of nitrogens with zero attached hydrogens (tertiary/aromatic N) is 1. The Hall–Kier alpha value is -0.920. The molecular formula is C6H11N3O3S. The van der Waals surface area contributed by atoms with Gasteiger partial charge in [0.2, 0.25) is 0 Å².